The fourth-order valence-electron chi connectivity index (χ4n) is 2.54. The van der Waals surface area contributed by atoms with Crippen LogP contribution in [-0.2, 0) is 14.8 Å². The van der Waals surface area contributed by atoms with E-state index in [1.54, 1.807) is 37.3 Å². The summed E-state index contributed by atoms with van der Waals surface area (Å²) in [6, 6.07) is 14.3. The monoisotopic (exact) mass is 431 g/mol. The van der Waals surface area contributed by atoms with Gasteiger partial charge in [-0.25, -0.2) is 13.4 Å². The van der Waals surface area contributed by atoms with Gasteiger partial charge in [-0.3, -0.25) is 14.8 Å². The number of carbonyl (C=O) groups is 1. The molecule has 0 saturated heterocycles. The highest BCUT2D eigenvalue weighted by Gasteiger charge is 2.17. The van der Waals surface area contributed by atoms with Crippen LogP contribution < -0.4 is 14.8 Å². The molecule has 1 aromatic heterocycles. The van der Waals surface area contributed by atoms with Gasteiger partial charge < -0.3 is 4.74 Å². The van der Waals surface area contributed by atoms with Crippen molar-refractivity contribution < 1.29 is 17.9 Å². The summed E-state index contributed by atoms with van der Waals surface area (Å²) in [5.41, 5.74) is 3.02. The maximum Gasteiger partial charge on any atom is 0.266 e. The van der Waals surface area contributed by atoms with Gasteiger partial charge in [0.05, 0.1) is 11.9 Å². The van der Waals surface area contributed by atoms with E-state index in [1.165, 1.54) is 11.3 Å². The van der Waals surface area contributed by atoms with Crippen molar-refractivity contribution in [3.8, 4) is 17.0 Å². The first-order valence-electron chi connectivity index (χ1n) is 8.77. The van der Waals surface area contributed by atoms with Crippen LogP contribution in [0.1, 0.15) is 12.5 Å². The van der Waals surface area contributed by atoms with Gasteiger partial charge in [0.2, 0.25) is 10.0 Å². The molecular formula is C20H21N3O4S2. The molecule has 0 aliphatic heterocycles. The lowest BCUT2D eigenvalue weighted by atomic mass is 10.1. The number of hydrogen-bond acceptors (Lipinski definition) is 6. The summed E-state index contributed by atoms with van der Waals surface area (Å²) in [4.78, 5) is 16.8. The molecule has 0 saturated carbocycles. The summed E-state index contributed by atoms with van der Waals surface area (Å²) in [7, 11) is -3.32. The fraction of sp³-hybridized carbons (Fsp3) is 0.200. The first-order valence-corrected chi connectivity index (χ1v) is 11.5. The zero-order valence-corrected chi connectivity index (χ0v) is 17.8. The van der Waals surface area contributed by atoms with Gasteiger partial charge in [-0.1, -0.05) is 24.3 Å². The average molecular weight is 432 g/mol. The van der Waals surface area contributed by atoms with E-state index in [2.05, 4.69) is 15.0 Å². The van der Waals surface area contributed by atoms with Gasteiger partial charge in [0.25, 0.3) is 5.91 Å². The normalized spacial score (nSPS) is 12.2. The molecule has 9 heteroatoms. The van der Waals surface area contributed by atoms with Gasteiger partial charge >= 0.3 is 0 Å². The first-order chi connectivity index (χ1) is 13.7. The van der Waals surface area contributed by atoms with Gasteiger partial charge in [0, 0.05) is 16.6 Å². The topological polar surface area (TPSA) is 97.4 Å². The third kappa shape index (κ3) is 6.03. The van der Waals surface area contributed by atoms with Crippen molar-refractivity contribution in [3.05, 3.63) is 59.5 Å². The highest BCUT2D eigenvalue weighted by atomic mass is 32.2. The van der Waals surface area contributed by atoms with E-state index in [0.29, 0.717) is 22.3 Å². The van der Waals surface area contributed by atoms with Crippen LogP contribution in [0.15, 0.2) is 53.9 Å². The lowest BCUT2D eigenvalue weighted by Gasteiger charge is -2.14. The zero-order valence-electron chi connectivity index (χ0n) is 16.2. The highest BCUT2D eigenvalue weighted by Crippen LogP contribution is 2.26. The number of hydrogen-bond donors (Lipinski definition) is 2. The van der Waals surface area contributed by atoms with Crippen molar-refractivity contribution in [1.29, 1.82) is 0 Å². The predicted molar refractivity (Wildman–Crippen MR) is 116 cm³/mol. The predicted octanol–water partition coefficient (Wildman–Crippen LogP) is 3.90. The van der Waals surface area contributed by atoms with Crippen LogP contribution in [0.5, 0.6) is 5.75 Å². The van der Waals surface area contributed by atoms with Crippen LogP contribution in [0.25, 0.3) is 11.3 Å². The van der Waals surface area contributed by atoms with Gasteiger partial charge in [0.1, 0.15) is 5.75 Å². The Kier molecular flexibility index (Phi) is 6.19. The Morgan fingerprint density at radius 3 is 2.55 bits per heavy atom. The molecule has 7 nitrogen and oxygen atoms in total. The van der Waals surface area contributed by atoms with Crippen molar-refractivity contribution in [1.82, 2.24) is 4.98 Å². The lowest BCUT2D eigenvalue weighted by molar-refractivity contribution is -0.122. The van der Waals surface area contributed by atoms with Crippen LogP contribution >= 0.6 is 11.3 Å². The van der Waals surface area contributed by atoms with Crippen molar-refractivity contribution in [2.24, 2.45) is 0 Å². The number of amides is 1. The number of ether oxygens (including phenoxy) is 1. The Labute approximate surface area is 173 Å². The van der Waals surface area contributed by atoms with Crippen molar-refractivity contribution in [2.45, 2.75) is 20.0 Å². The second kappa shape index (κ2) is 8.62. The number of sulfonamides is 1. The molecule has 29 heavy (non-hydrogen) atoms. The summed E-state index contributed by atoms with van der Waals surface area (Å²) in [6.07, 6.45) is 0.422. The number of benzene rings is 2. The molecular weight excluding hydrogens is 410 g/mol. The molecule has 1 unspecified atom stereocenters. The number of aryl methyl sites for hydroxylation is 1. The summed E-state index contributed by atoms with van der Waals surface area (Å²) in [5.74, 6) is 0.343. The Hall–Kier alpha value is -2.91. The molecule has 0 aliphatic carbocycles. The third-order valence-electron chi connectivity index (χ3n) is 3.89. The first kappa shape index (κ1) is 20.8. The molecule has 0 fully saturated rings. The number of aromatic nitrogens is 1. The summed E-state index contributed by atoms with van der Waals surface area (Å²) < 4.78 is 30.6. The quantitative estimate of drug-likeness (QED) is 0.591. The van der Waals surface area contributed by atoms with Crippen LogP contribution in [-0.4, -0.2) is 31.7 Å². The summed E-state index contributed by atoms with van der Waals surface area (Å²) >= 11 is 1.30. The van der Waals surface area contributed by atoms with Crippen LogP contribution in [0.2, 0.25) is 0 Å². The number of anilines is 2. The maximum absolute atomic E-state index is 12.4. The third-order valence-corrected chi connectivity index (χ3v) is 5.25. The van der Waals surface area contributed by atoms with Gasteiger partial charge in [-0.15, -0.1) is 11.3 Å². The number of carbonyl (C=O) groups excluding carboxylic acids is 1. The van der Waals surface area contributed by atoms with Crippen LogP contribution in [0.3, 0.4) is 0 Å². The Morgan fingerprint density at radius 2 is 1.90 bits per heavy atom. The standard InChI is InChI=1S/C20H21N3O4S2/c1-13-5-4-6-17(11-13)27-14(2)19(24)22-20-21-18(12-28-20)15-7-9-16(10-8-15)23-29(3,25)26/h4-12,14,23H,1-3H3,(H,21,22,24). The summed E-state index contributed by atoms with van der Waals surface area (Å²) in [6.45, 7) is 3.64. The number of rotatable bonds is 7. The molecule has 1 amide bonds. The SMILES string of the molecule is Cc1cccc(OC(C)C(=O)Nc2nc(-c3ccc(NS(C)(=O)=O)cc3)cs2)c1. The molecule has 2 aromatic carbocycles. The fourth-order valence-corrected chi connectivity index (χ4v) is 3.83. The molecule has 0 radical (unpaired) electrons. The largest absolute Gasteiger partial charge is 0.481 e. The molecule has 2 N–H and O–H groups in total. The second-order valence-corrected chi connectivity index (χ2v) is 9.16. The molecule has 0 bridgehead atoms. The van der Waals surface area contributed by atoms with Crippen molar-refractivity contribution in [2.75, 3.05) is 16.3 Å². The van der Waals surface area contributed by atoms with E-state index >= 15 is 0 Å². The molecule has 3 aromatic rings. The van der Waals surface area contributed by atoms with E-state index in [1.807, 2.05) is 30.5 Å². The minimum Gasteiger partial charge on any atom is -0.481 e. The molecule has 0 aliphatic rings. The zero-order chi connectivity index (χ0) is 21.0. The average Bonchev–Trinajstić information content (AvgIpc) is 3.09. The van der Waals surface area contributed by atoms with E-state index < -0.39 is 16.1 Å². The smallest absolute Gasteiger partial charge is 0.266 e. The minimum atomic E-state index is -3.32. The number of thiazole rings is 1. The van der Waals surface area contributed by atoms with Crippen LogP contribution in [0, 0.1) is 6.92 Å². The number of nitrogens with zero attached hydrogens (tertiary/aromatic N) is 1. The van der Waals surface area contributed by atoms with Gasteiger partial charge in [-0.2, -0.15) is 0 Å². The van der Waals surface area contributed by atoms with E-state index in [9.17, 15) is 13.2 Å². The molecule has 0 spiro atoms. The van der Waals surface area contributed by atoms with E-state index in [-0.39, 0.29) is 5.91 Å². The summed E-state index contributed by atoms with van der Waals surface area (Å²) in [5, 5.41) is 5.04. The molecule has 1 heterocycles. The second-order valence-electron chi connectivity index (χ2n) is 6.56. The van der Waals surface area contributed by atoms with E-state index in [0.717, 1.165) is 17.4 Å². The highest BCUT2D eigenvalue weighted by molar-refractivity contribution is 7.92. The van der Waals surface area contributed by atoms with Gasteiger partial charge in [-0.05, 0) is 43.7 Å². The Balaban J connectivity index is 1.63. The lowest BCUT2D eigenvalue weighted by Crippen LogP contribution is -2.30. The van der Waals surface area contributed by atoms with E-state index in [4.69, 9.17) is 4.74 Å². The van der Waals surface area contributed by atoms with Gasteiger partial charge in [0.15, 0.2) is 11.2 Å². The molecule has 152 valence electrons. The van der Waals surface area contributed by atoms with Crippen molar-refractivity contribution in [3.63, 3.8) is 0 Å². The number of nitrogens with one attached hydrogen (secondary N) is 2. The minimum absolute atomic E-state index is 0.292. The van der Waals surface area contributed by atoms with Crippen LogP contribution in [0.4, 0.5) is 10.8 Å². The Morgan fingerprint density at radius 1 is 1.17 bits per heavy atom. The maximum atomic E-state index is 12.4. The van der Waals surface area contributed by atoms with Crippen molar-refractivity contribution >= 4 is 38.1 Å². The molecule has 1 atom stereocenters. The molecule has 3 rings (SSSR count). The Bertz CT molecular complexity index is 1110.